The SMILES string of the molecule is CCOc1ccc(/C=N/NC(=O)Cc2ccc(Br)cc2)c(O)c1. The lowest BCUT2D eigenvalue weighted by Gasteiger charge is -2.05. The lowest BCUT2D eigenvalue weighted by molar-refractivity contribution is -0.120. The lowest BCUT2D eigenvalue weighted by Crippen LogP contribution is -2.19. The second-order valence-electron chi connectivity index (χ2n) is 4.75. The molecule has 120 valence electrons. The molecule has 0 saturated carbocycles. The number of halogens is 1. The van der Waals surface area contributed by atoms with Crippen LogP contribution >= 0.6 is 15.9 Å². The van der Waals surface area contributed by atoms with Crippen molar-refractivity contribution in [3.63, 3.8) is 0 Å². The quantitative estimate of drug-likeness (QED) is 0.600. The van der Waals surface area contributed by atoms with Gasteiger partial charge in [0.1, 0.15) is 11.5 Å². The Balaban J connectivity index is 1.90. The first-order chi connectivity index (χ1) is 11.1. The minimum atomic E-state index is -0.228. The van der Waals surface area contributed by atoms with Gasteiger partial charge < -0.3 is 9.84 Å². The third-order valence-corrected chi connectivity index (χ3v) is 3.51. The van der Waals surface area contributed by atoms with Crippen LogP contribution in [-0.4, -0.2) is 23.8 Å². The summed E-state index contributed by atoms with van der Waals surface area (Å²) in [5.41, 5.74) is 3.83. The molecule has 1 amide bonds. The van der Waals surface area contributed by atoms with Gasteiger partial charge in [0.05, 0.1) is 19.2 Å². The van der Waals surface area contributed by atoms with E-state index in [0.717, 1.165) is 10.0 Å². The topological polar surface area (TPSA) is 70.9 Å². The number of hydrazone groups is 1. The highest BCUT2D eigenvalue weighted by molar-refractivity contribution is 9.10. The van der Waals surface area contributed by atoms with Crippen molar-refractivity contribution in [3.05, 3.63) is 58.1 Å². The first-order valence-corrected chi connectivity index (χ1v) is 7.90. The molecule has 0 aromatic heterocycles. The number of ether oxygens (including phenoxy) is 1. The fraction of sp³-hybridized carbons (Fsp3) is 0.176. The Morgan fingerprint density at radius 3 is 2.70 bits per heavy atom. The van der Waals surface area contributed by atoms with E-state index in [1.54, 1.807) is 12.1 Å². The Hall–Kier alpha value is -2.34. The van der Waals surface area contributed by atoms with Crippen molar-refractivity contribution in [1.29, 1.82) is 0 Å². The van der Waals surface area contributed by atoms with Gasteiger partial charge in [0.25, 0.3) is 0 Å². The number of nitrogens with zero attached hydrogens (tertiary/aromatic N) is 1. The van der Waals surface area contributed by atoms with Crippen LogP contribution in [0.15, 0.2) is 52.0 Å². The average molecular weight is 377 g/mol. The zero-order valence-electron chi connectivity index (χ0n) is 12.6. The Labute approximate surface area is 143 Å². The van der Waals surface area contributed by atoms with E-state index in [9.17, 15) is 9.90 Å². The second kappa shape index (κ2) is 8.33. The minimum Gasteiger partial charge on any atom is -0.507 e. The number of amides is 1. The molecular weight excluding hydrogens is 360 g/mol. The summed E-state index contributed by atoms with van der Waals surface area (Å²) in [6, 6.07) is 12.4. The molecule has 0 aliphatic rings. The third kappa shape index (κ3) is 5.41. The normalized spacial score (nSPS) is 10.7. The molecule has 2 rings (SSSR count). The van der Waals surface area contributed by atoms with Crippen molar-refractivity contribution in [2.24, 2.45) is 5.10 Å². The van der Waals surface area contributed by atoms with Crippen LogP contribution in [0.3, 0.4) is 0 Å². The number of phenols is 1. The number of hydrogen-bond donors (Lipinski definition) is 2. The number of benzene rings is 2. The molecule has 0 saturated heterocycles. The van der Waals surface area contributed by atoms with Gasteiger partial charge >= 0.3 is 0 Å². The van der Waals surface area contributed by atoms with Crippen molar-refractivity contribution in [1.82, 2.24) is 5.43 Å². The van der Waals surface area contributed by atoms with Crippen molar-refractivity contribution in [2.75, 3.05) is 6.61 Å². The summed E-state index contributed by atoms with van der Waals surface area (Å²) in [6.07, 6.45) is 1.63. The average Bonchev–Trinajstić information content (AvgIpc) is 2.52. The van der Waals surface area contributed by atoms with Crippen LogP contribution in [0.5, 0.6) is 11.5 Å². The number of carbonyl (C=O) groups excluding carboxylic acids is 1. The van der Waals surface area contributed by atoms with Crippen LogP contribution in [0.1, 0.15) is 18.1 Å². The molecule has 0 unspecified atom stereocenters. The molecule has 0 aliphatic heterocycles. The molecule has 6 heteroatoms. The fourth-order valence-corrected chi connectivity index (χ4v) is 2.15. The van der Waals surface area contributed by atoms with Gasteiger partial charge in [0, 0.05) is 16.1 Å². The van der Waals surface area contributed by atoms with Crippen molar-refractivity contribution >= 4 is 28.1 Å². The van der Waals surface area contributed by atoms with Crippen molar-refractivity contribution in [2.45, 2.75) is 13.3 Å². The summed E-state index contributed by atoms with van der Waals surface area (Å²) in [6.45, 7) is 2.40. The summed E-state index contributed by atoms with van der Waals surface area (Å²) in [5.74, 6) is 0.400. The van der Waals surface area contributed by atoms with Crippen LogP contribution in [0, 0.1) is 0 Å². The van der Waals surface area contributed by atoms with Crippen molar-refractivity contribution in [3.8, 4) is 11.5 Å². The van der Waals surface area contributed by atoms with Gasteiger partial charge in [0.2, 0.25) is 5.91 Å². The smallest absolute Gasteiger partial charge is 0.244 e. The highest BCUT2D eigenvalue weighted by Crippen LogP contribution is 2.22. The Bertz CT molecular complexity index is 699. The first kappa shape index (κ1) is 17.0. The Morgan fingerprint density at radius 2 is 2.04 bits per heavy atom. The van der Waals surface area contributed by atoms with Crippen LogP contribution in [-0.2, 0) is 11.2 Å². The van der Waals surface area contributed by atoms with Crippen LogP contribution in [0.25, 0.3) is 0 Å². The molecule has 0 spiro atoms. The zero-order chi connectivity index (χ0) is 16.7. The van der Waals surface area contributed by atoms with E-state index in [1.165, 1.54) is 12.3 Å². The van der Waals surface area contributed by atoms with Gasteiger partial charge in [-0.05, 0) is 36.8 Å². The highest BCUT2D eigenvalue weighted by Gasteiger charge is 2.03. The van der Waals surface area contributed by atoms with Crippen molar-refractivity contribution < 1.29 is 14.6 Å². The third-order valence-electron chi connectivity index (χ3n) is 2.98. The van der Waals surface area contributed by atoms with Crippen LogP contribution < -0.4 is 10.2 Å². The number of phenolic OH excluding ortho intramolecular Hbond substituents is 1. The van der Waals surface area contributed by atoms with E-state index in [2.05, 4.69) is 26.5 Å². The van der Waals surface area contributed by atoms with E-state index in [1.807, 2.05) is 31.2 Å². The molecule has 2 aromatic rings. The number of hydrogen-bond acceptors (Lipinski definition) is 4. The molecule has 0 aliphatic carbocycles. The standard InChI is InChI=1S/C17H17BrN2O3/c1-2-23-15-8-5-13(16(21)10-15)11-19-20-17(22)9-12-3-6-14(18)7-4-12/h3-8,10-11,21H,2,9H2,1H3,(H,20,22)/b19-11+. The van der Waals surface area contributed by atoms with E-state index in [-0.39, 0.29) is 18.1 Å². The Morgan fingerprint density at radius 1 is 1.30 bits per heavy atom. The molecule has 5 nitrogen and oxygen atoms in total. The number of nitrogens with one attached hydrogen (secondary N) is 1. The summed E-state index contributed by atoms with van der Waals surface area (Å²) in [7, 11) is 0. The molecule has 2 aromatic carbocycles. The van der Waals surface area contributed by atoms with Gasteiger partial charge in [0.15, 0.2) is 0 Å². The Kier molecular flexibility index (Phi) is 6.17. The summed E-state index contributed by atoms with van der Waals surface area (Å²) in [4.78, 5) is 11.8. The van der Waals surface area contributed by atoms with Gasteiger partial charge in [-0.15, -0.1) is 0 Å². The molecular formula is C17H17BrN2O3. The maximum Gasteiger partial charge on any atom is 0.244 e. The second-order valence-corrected chi connectivity index (χ2v) is 5.67. The van der Waals surface area contributed by atoms with E-state index in [0.29, 0.717) is 17.9 Å². The number of aromatic hydroxyl groups is 1. The molecule has 2 N–H and O–H groups in total. The van der Waals surface area contributed by atoms with E-state index >= 15 is 0 Å². The van der Waals surface area contributed by atoms with Gasteiger partial charge in [-0.2, -0.15) is 5.10 Å². The predicted molar refractivity (Wildman–Crippen MR) is 92.9 cm³/mol. The minimum absolute atomic E-state index is 0.0434. The maximum absolute atomic E-state index is 11.8. The molecule has 23 heavy (non-hydrogen) atoms. The highest BCUT2D eigenvalue weighted by atomic mass is 79.9. The van der Waals surface area contributed by atoms with Gasteiger partial charge in [-0.3, -0.25) is 4.79 Å². The summed E-state index contributed by atoms with van der Waals surface area (Å²) in [5, 5.41) is 13.7. The molecule has 0 radical (unpaired) electrons. The first-order valence-electron chi connectivity index (χ1n) is 7.10. The monoisotopic (exact) mass is 376 g/mol. The maximum atomic E-state index is 11.8. The number of rotatable bonds is 6. The number of carbonyl (C=O) groups is 1. The largest absolute Gasteiger partial charge is 0.507 e. The molecule has 0 bridgehead atoms. The predicted octanol–water partition coefficient (Wildman–Crippen LogP) is 3.25. The summed E-state index contributed by atoms with van der Waals surface area (Å²) < 4.78 is 6.25. The summed E-state index contributed by atoms with van der Waals surface area (Å²) >= 11 is 3.34. The van der Waals surface area contributed by atoms with Crippen LogP contribution in [0.2, 0.25) is 0 Å². The fourth-order valence-electron chi connectivity index (χ4n) is 1.89. The van der Waals surface area contributed by atoms with Gasteiger partial charge in [-0.1, -0.05) is 28.1 Å². The molecule has 0 heterocycles. The molecule has 0 fully saturated rings. The lowest BCUT2D eigenvalue weighted by atomic mass is 10.1. The van der Waals surface area contributed by atoms with E-state index < -0.39 is 0 Å². The molecule has 0 atom stereocenters. The van der Waals surface area contributed by atoms with E-state index in [4.69, 9.17) is 4.74 Å². The van der Waals surface area contributed by atoms with Crippen LogP contribution in [0.4, 0.5) is 0 Å². The zero-order valence-corrected chi connectivity index (χ0v) is 14.2. The van der Waals surface area contributed by atoms with Gasteiger partial charge in [-0.25, -0.2) is 5.43 Å².